The van der Waals surface area contributed by atoms with Gasteiger partial charge in [-0.15, -0.1) is 0 Å². The molecule has 0 aromatic heterocycles. The van der Waals surface area contributed by atoms with Crippen LogP contribution in [0.4, 0.5) is 5.69 Å². The van der Waals surface area contributed by atoms with E-state index in [9.17, 15) is 8.42 Å². The van der Waals surface area contributed by atoms with Gasteiger partial charge in [-0.25, -0.2) is 8.42 Å². The van der Waals surface area contributed by atoms with Gasteiger partial charge in [-0.1, -0.05) is 23.7 Å². The summed E-state index contributed by atoms with van der Waals surface area (Å²) in [6.07, 6.45) is 0. The summed E-state index contributed by atoms with van der Waals surface area (Å²) in [6.45, 7) is 1.92. The van der Waals surface area contributed by atoms with Crippen LogP contribution in [0.25, 0.3) is 0 Å². The highest BCUT2D eigenvalue weighted by atomic mass is 79.9. The van der Waals surface area contributed by atoms with Crippen molar-refractivity contribution in [1.82, 2.24) is 0 Å². The Morgan fingerprint density at radius 1 is 1.15 bits per heavy atom. The number of hydrogen-bond acceptors (Lipinski definition) is 2. The number of benzene rings is 2. The fourth-order valence-electron chi connectivity index (χ4n) is 1.76. The monoisotopic (exact) mass is 373 g/mol. The first-order chi connectivity index (χ1) is 9.32. The number of anilines is 1. The molecule has 2 aromatic rings. The topological polar surface area (TPSA) is 37.4 Å². The molecule has 0 N–H and O–H groups in total. The molecule has 0 atom stereocenters. The van der Waals surface area contributed by atoms with E-state index < -0.39 is 10.0 Å². The molecule has 0 aliphatic carbocycles. The number of aryl methyl sites for hydroxylation is 1. The Labute approximate surface area is 132 Å². The number of rotatable bonds is 3. The van der Waals surface area contributed by atoms with Crippen molar-refractivity contribution < 1.29 is 8.42 Å². The van der Waals surface area contributed by atoms with Gasteiger partial charge in [0.15, 0.2) is 0 Å². The Balaban J connectivity index is 2.46. The Morgan fingerprint density at radius 2 is 1.85 bits per heavy atom. The third-order valence-electron chi connectivity index (χ3n) is 2.91. The Bertz CT molecular complexity index is 747. The Hall–Kier alpha value is -1.04. The van der Waals surface area contributed by atoms with Crippen LogP contribution in [0.2, 0.25) is 5.02 Å². The average Bonchev–Trinajstić information content (AvgIpc) is 2.40. The van der Waals surface area contributed by atoms with Crippen molar-refractivity contribution in [3.8, 4) is 0 Å². The predicted molar refractivity (Wildman–Crippen MR) is 85.9 cm³/mol. The summed E-state index contributed by atoms with van der Waals surface area (Å²) in [5.41, 5.74) is 1.62. The van der Waals surface area contributed by atoms with Crippen LogP contribution in [0.3, 0.4) is 0 Å². The smallest absolute Gasteiger partial charge is 0.264 e. The van der Waals surface area contributed by atoms with Crippen LogP contribution in [0.5, 0.6) is 0 Å². The molecule has 106 valence electrons. The first kappa shape index (κ1) is 15.4. The maximum atomic E-state index is 12.6. The first-order valence-corrected chi connectivity index (χ1v) is 8.44. The molecule has 3 nitrogen and oxygen atoms in total. The number of hydrogen-bond donors (Lipinski definition) is 0. The van der Waals surface area contributed by atoms with Crippen LogP contribution < -0.4 is 4.31 Å². The maximum Gasteiger partial charge on any atom is 0.264 e. The predicted octanol–water partition coefficient (Wildman–Crippen LogP) is 4.24. The van der Waals surface area contributed by atoms with E-state index in [1.807, 2.05) is 25.1 Å². The summed E-state index contributed by atoms with van der Waals surface area (Å²) in [7, 11) is -2.07. The van der Waals surface area contributed by atoms with E-state index in [1.165, 1.54) is 23.5 Å². The summed E-state index contributed by atoms with van der Waals surface area (Å²) in [5, 5.41) is 0.474. The van der Waals surface area contributed by atoms with Crippen molar-refractivity contribution in [3.05, 3.63) is 57.5 Å². The van der Waals surface area contributed by atoms with E-state index in [1.54, 1.807) is 12.1 Å². The van der Waals surface area contributed by atoms with Gasteiger partial charge in [0.1, 0.15) is 0 Å². The Morgan fingerprint density at radius 3 is 2.45 bits per heavy atom. The van der Waals surface area contributed by atoms with E-state index in [0.29, 0.717) is 15.2 Å². The highest BCUT2D eigenvalue weighted by molar-refractivity contribution is 9.10. The lowest BCUT2D eigenvalue weighted by Gasteiger charge is -2.20. The van der Waals surface area contributed by atoms with Gasteiger partial charge in [0.05, 0.1) is 15.6 Å². The second kappa shape index (κ2) is 5.76. The molecular formula is C14H13BrClNO2S. The molecule has 0 unspecified atom stereocenters. The molecule has 0 spiro atoms. The zero-order valence-corrected chi connectivity index (χ0v) is 14.1. The second-order valence-electron chi connectivity index (χ2n) is 4.39. The fraction of sp³-hybridized carbons (Fsp3) is 0.143. The summed E-state index contributed by atoms with van der Waals surface area (Å²) < 4.78 is 27.0. The molecule has 6 heteroatoms. The van der Waals surface area contributed by atoms with E-state index in [4.69, 9.17) is 11.6 Å². The standard InChI is InChI=1S/C14H13BrClNO2S/c1-10-4-3-5-11(8-10)17(2)20(18,19)12-6-7-14(16)13(15)9-12/h3-9H,1-2H3. The number of nitrogens with zero attached hydrogens (tertiary/aromatic N) is 1. The lowest BCUT2D eigenvalue weighted by atomic mass is 10.2. The van der Waals surface area contributed by atoms with Gasteiger partial charge in [-0.2, -0.15) is 0 Å². The van der Waals surface area contributed by atoms with Gasteiger partial charge in [-0.3, -0.25) is 4.31 Å². The number of halogens is 2. The molecule has 0 amide bonds. The van der Waals surface area contributed by atoms with Crippen LogP contribution in [-0.2, 0) is 10.0 Å². The highest BCUT2D eigenvalue weighted by Gasteiger charge is 2.22. The van der Waals surface area contributed by atoms with Crippen LogP contribution in [0, 0.1) is 6.92 Å². The molecule has 0 aliphatic heterocycles. The molecule has 0 saturated heterocycles. The quantitative estimate of drug-likeness (QED) is 0.806. The summed E-state index contributed by atoms with van der Waals surface area (Å²) in [5.74, 6) is 0. The van der Waals surface area contributed by atoms with Crippen LogP contribution in [0.1, 0.15) is 5.56 Å². The van der Waals surface area contributed by atoms with E-state index in [-0.39, 0.29) is 4.90 Å². The molecule has 0 saturated carbocycles. The van der Waals surface area contributed by atoms with E-state index in [0.717, 1.165) is 5.56 Å². The van der Waals surface area contributed by atoms with Crippen molar-refractivity contribution in [2.45, 2.75) is 11.8 Å². The maximum absolute atomic E-state index is 12.6. The minimum absolute atomic E-state index is 0.192. The van der Waals surface area contributed by atoms with Crippen LogP contribution in [-0.4, -0.2) is 15.5 Å². The molecule has 2 rings (SSSR count). The van der Waals surface area contributed by atoms with Gasteiger partial charge < -0.3 is 0 Å². The average molecular weight is 375 g/mol. The number of sulfonamides is 1. The van der Waals surface area contributed by atoms with Crippen molar-refractivity contribution in [2.24, 2.45) is 0 Å². The molecule has 20 heavy (non-hydrogen) atoms. The molecule has 0 radical (unpaired) electrons. The van der Waals surface area contributed by atoms with Crippen LogP contribution >= 0.6 is 27.5 Å². The third-order valence-corrected chi connectivity index (χ3v) is 5.91. The van der Waals surface area contributed by atoms with Crippen molar-refractivity contribution >= 4 is 43.2 Å². The summed E-state index contributed by atoms with van der Waals surface area (Å²) in [6, 6.07) is 11.9. The van der Waals surface area contributed by atoms with Gasteiger partial charge >= 0.3 is 0 Å². The molecule has 0 bridgehead atoms. The molecular weight excluding hydrogens is 362 g/mol. The zero-order valence-electron chi connectivity index (χ0n) is 11.0. The third kappa shape index (κ3) is 3.00. The first-order valence-electron chi connectivity index (χ1n) is 5.83. The lowest BCUT2D eigenvalue weighted by Crippen LogP contribution is -2.26. The molecule has 0 fully saturated rings. The van der Waals surface area contributed by atoms with Gasteiger partial charge in [0.2, 0.25) is 0 Å². The van der Waals surface area contributed by atoms with E-state index >= 15 is 0 Å². The molecule has 0 aliphatic rings. The highest BCUT2D eigenvalue weighted by Crippen LogP contribution is 2.28. The summed E-state index contributed by atoms with van der Waals surface area (Å²) in [4.78, 5) is 0.192. The summed E-state index contributed by atoms with van der Waals surface area (Å²) >= 11 is 9.13. The van der Waals surface area contributed by atoms with Gasteiger partial charge in [0, 0.05) is 11.5 Å². The SMILES string of the molecule is Cc1cccc(N(C)S(=O)(=O)c2ccc(Cl)c(Br)c2)c1. The fourth-order valence-corrected chi connectivity index (χ4v) is 3.62. The normalized spacial score (nSPS) is 11.4. The van der Waals surface area contributed by atoms with Gasteiger partial charge in [0.25, 0.3) is 10.0 Å². The van der Waals surface area contributed by atoms with E-state index in [2.05, 4.69) is 15.9 Å². The van der Waals surface area contributed by atoms with Crippen molar-refractivity contribution in [1.29, 1.82) is 0 Å². The van der Waals surface area contributed by atoms with Crippen molar-refractivity contribution in [3.63, 3.8) is 0 Å². The van der Waals surface area contributed by atoms with Crippen LogP contribution in [0.15, 0.2) is 51.8 Å². The second-order valence-corrected chi connectivity index (χ2v) is 7.62. The van der Waals surface area contributed by atoms with Crippen molar-refractivity contribution in [2.75, 3.05) is 11.4 Å². The minimum Gasteiger partial charge on any atom is -0.269 e. The Kier molecular flexibility index (Phi) is 4.42. The molecule has 2 aromatic carbocycles. The van der Waals surface area contributed by atoms with Gasteiger partial charge in [-0.05, 0) is 58.7 Å². The lowest BCUT2D eigenvalue weighted by molar-refractivity contribution is 0.594. The zero-order chi connectivity index (χ0) is 14.9. The largest absolute Gasteiger partial charge is 0.269 e. The minimum atomic E-state index is -3.60. The molecule has 0 heterocycles.